The first-order valence-electron chi connectivity index (χ1n) is 6.83. The summed E-state index contributed by atoms with van der Waals surface area (Å²) in [6.45, 7) is 1.80. The van der Waals surface area contributed by atoms with Gasteiger partial charge >= 0.3 is 11.4 Å². The van der Waals surface area contributed by atoms with E-state index in [1.54, 1.807) is 19.1 Å². The number of nitrogens with zero attached hydrogens (tertiary/aromatic N) is 2. The number of anilines is 1. The molecule has 0 aliphatic heterocycles. The average Bonchev–Trinajstić information content (AvgIpc) is 2.53. The Morgan fingerprint density at radius 1 is 1.12 bits per heavy atom. The van der Waals surface area contributed by atoms with Gasteiger partial charge in [0.05, 0.1) is 33.2 Å². The van der Waals surface area contributed by atoms with Gasteiger partial charge in [-0.05, 0) is 24.6 Å². The Balaban J connectivity index is 2.47. The number of carbonyl (C=O) groups is 1. The Morgan fingerprint density at radius 2 is 1.68 bits per heavy atom. The monoisotopic (exact) mass is 365 g/mol. The summed E-state index contributed by atoms with van der Waals surface area (Å²) in [7, 11) is 1.08. The van der Waals surface area contributed by atoms with E-state index in [1.165, 1.54) is 6.07 Å². The maximum atomic E-state index is 12.3. The number of amides is 1. The third kappa shape index (κ3) is 3.83. The first kappa shape index (κ1) is 18.1. The van der Waals surface area contributed by atoms with Crippen molar-refractivity contribution in [2.75, 3.05) is 12.4 Å². The molecular formula is C15H12ClN3O6. The van der Waals surface area contributed by atoms with Crippen molar-refractivity contribution in [1.82, 2.24) is 0 Å². The van der Waals surface area contributed by atoms with Gasteiger partial charge in [-0.2, -0.15) is 0 Å². The standard InChI is InChI=1S/C15H12ClN3O6/c1-8-3-4-10(11(16)5-8)15(20)17-9-6-12(18(21)22)14(25-2)13(7-9)19(23)24/h3-7H,1-2H3,(H,17,20). The van der Waals surface area contributed by atoms with Crippen molar-refractivity contribution < 1.29 is 19.4 Å². The van der Waals surface area contributed by atoms with Gasteiger partial charge in [0.25, 0.3) is 11.7 Å². The first-order chi connectivity index (χ1) is 11.7. The van der Waals surface area contributed by atoms with Crippen LogP contribution in [0.2, 0.25) is 5.02 Å². The highest BCUT2D eigenvalue weighted by molar-refractivity contribution is 6.34. The van der Waals surface area contributed by atoms with Gasteiger partial charge < -0.3 is 10.1 Å². The minimum absolute atomic E-state index is 0.124. The molecular weight excluding hydrogens is 354 g/mol. The Labute approximate surface area is 146 Å². The molecule has 25 heavy (non-hydrogen) atoms. The molecule has 0 bridgehead atoms. The highest BCUT2D eigenvalue weighted by Crippen LogP contribution is 2.39. The molecule has 0 aliphatic rings. The van der Waals surface area contributed by atoms with Crippen molar-refractivity contribution in [1.29, 1.82) is 0 Å². The molecule has 0 aromatic heterocycles. The second kappa shape index (κ2) is 7.14. The van der Waals surface area contributed by atoms with Crippen LogP contribution in [-0.4, -0.2) is 22.9 Å². The lowest BCUT2D eigenvalue weighted by Gasteiger charge is -2.09. The number of hydrogen-bond donors (Lipinski definition) is 1. The van der Waals surface area contributed by atoms with Gasteiger partial charge in [-0.15, -0.1) is 0 Å². The molecule has 10 heteroatoms. The number of nitro benzene ring substituents is 2. The van der Waals surface area contributed by atoms with E-state index >= 15 is 0 Å². The normalized spacial score (nSPS) is 10.2. The van der Waals surface area contributed by atoms with E-state index in [1.807, 2.05) is 0 Å². The van der Waals surface area contributed by atoms with Crippen LogP contribution in [-0.2, 0) is 0 Å². The maximum absolute atomic E-state index is 12.3. The Hall–Kier alpha value is -3.20. The van der Waals surface area contributed by atoms with E-state index in [0.29, 0.717) is 0 Å². The van der Waals surface area contributed by atoms with Gasteiger partial charge in [0, 0.05) is 12.1 Å². The second-order valence-electron chi connectivity index (χ2n) is 5.00. The lowest BCUT2D eigenvalue weighted by atomic mass is 10.1. The molecule has 0 atom stereocenters. The number of benzene rings is 2. The van der Waals surface area contributed by atoms with E-state index in [4.69, 9.17) is 16.3 Å². The molecule has 0 unspecified atom stereocenters. The molecule has 0 spiro atoms. The van der Waals surface area contributed by atoms with Crippen LogP contribution >= 0.6 is 11.6 Å². The van der Waals surface area contributed by atoms with Crippen LogP contribution in [0.25, 0.3) is 0 Å². The van der Waals surface area contributed by atoms with Crippen molar-refractivity contribution in [3.63, 3.8) is 0 Å². The highest BCUT2D eigenvalue weighted by atomic mass is 35.5. The smallest absolute Gasteiger partial charge is 0.320 e. The number of nitro groups is 2. The van der Waals surface area contributed by atoms with E-state index in [-0.39, 0.29) is 16.3 Å². The molecule has 9 nitrogen and oxygen atoms in total. The lowest BCUT2D eigenvalue weighted by Crippen LogP contribution is -2.13. The molecule has 0 aliphatic carbocycles. The predicted octanol–water partition coefficient (Wildman–Crippen LogP) is 3.73. The van der Waals surface area contributed by atoms with Crippen molar-refractivity contribution in [3.05, 3.63) is 66.7 Å². The average molecular weight is 366 g/mol. The van der Waals surface area contributed by atoms with Gasteiger partial charge in [-0.1, -0.05) is 17.7 Å². The number of halogens is 1. The van der Waals surface area contributed by atoms with E-state index in [2.05, 4.69) is 5.32 Å². The van der Waals surface area contributed by atoms with Crippen LogP contribution in [0.15, 0.2) is 30.3 Å². The van der Waals surface area contributed by atoms with Crippen LogP contribution in [0.5, 0.6) is 5.75 Å². The molecule has 2 rings (SSSR count). The minimum atomic E-state index is -0.833. The summed E-state index contributed by atoms with van der Waals surface area (Å²) >= 11 is 6.00. The van der Waals surface area contributed by atoms with Crippen LogP contribution in [0.3, 0.4) is 0 Å². The molecule has 130 valence electrons. The SMILES string of the molecule is COc1c([N+](=O)[O-])cc(NC(=O)c2ccc(C)cc2Cl)cc1[N+](=O)[O-]. The van der Waals surface area contributed by atoms with Gasteiger partial charge in [-0.3, -0.25) is 25.0 Å². The zero-order chi connectivity index (χ0) is 18.7. The van der Waals surface area contributed by atoms with Crippen molar-refractivity contribution in [2.45, 2.75) is 6.92 Å². The van der Waals surface area contributed by atoms with Crippen molar-refractivity contribution in [2.24, 2.45) is 0 Å². The van der Waals surface area contributed by atoms with Crippen molar-refractivity contribution >= 4 is 34.6 Å². The van der Waals surface area contributed by atoms with Gasteiger partial charge in [0.1, 0.15) is 0 Å². The number of nitrogens with one attached hydrogen (secondary N) is 1. The number of ether oxygens (including phenoxy) is 1. The summed E-state index contributed by atoms with van der Waals surface area (Å²) in [6, 6.07) is 6.69. The number of hydrogen-bond acceptors (Lipinski definition) is 6. The van der Waals surface area contributed by atoms with E-state index in [0.717, 1.165) is 24.8 Å². The van der Waals surface area contributed by atoms with Crippen LogP contribution < -0.4 is 10.1 Å². The van der Waals surface area contributed by atoms with Gasteiger partial charge in [0.2, 0.25) is 0 Å². The largest absolute Gasteiger partial charge is 0.485 e. The number of rotatable bonds is 5. The summed E-state index contributed by atoms with van der Waals surface area (Å²) in [5.41, 5.74) is -0.421. The molecule has 0 heterocycles. The summed E-state index contributed by atoms with van der Waals surface area (Å²) < 4.78 is 4.76. The molecule has 1 amide bonds. The number of carbonyl (C=O) groups excluding carboxylic acids is 1. The highest BCUT2D eigenvalue weighted by Gasteiger charge is 2.28. The summed E-state index contributed by atoms with van der Waals surface area (Å²) in [5.74, 6) is -1.15. The molecule has 0 saturated carbocycles. The summed E-state index contributed by atoms with van der Waals surface area (Å²) in [5, 5.41) is 24.8. The quantitative estimate of drug-likeness (QED) is 0.635. The summed E-state index contributed by atoms with van der Waals surface area (Å²) in [6.07, 6.45) is 0. The molecule has 0 fully saturated rings. The molecule has 1 N–H and O–H groups in total. The molecule has 2 aromatic rings. The van der Waals surface area contributed by atoms with E-state index in [9.17, 15) is 25.0 Å². The Bertz CT molecular complexity index is 849. The fraction of sp³-hybridized carbons (Fsp3) is 0.133. The maximum Gasteiger partial charge on any atom is 0.320 e. The first-order valence-corrected chi connectivity index (χ1v) is 7.20. The third-order valence-corrected chi connectivity index (χ3v) is 3.59. The fourth-order valence-electron chi connectivity index (χ4n) is 2.15. The van der Waals surface area contributed by atoms with Crippen LogP contribution in [0.4, 0.5) is 17.1 Å². The van der Waals surface area contributed by atoms with Crippen molar-refractivity contribution in [3.8, 4) is 5.75 Å². The number of aryl methyl sites for hydroxylation is 1. The second-order valence-corrected chi connectivity index (χ2v) is 5.41. The third-order valence-electron chi connectivity index (χ3n) is 3.27. The Morgan fingerprint density at radius 3 is 2.12 bits per heavy atom. The zero-order valence-electron chi connectivity index (χ0n) is 13.1. The summed E-state index contributed by atoms with van der Waals surface area (Å²) in [4.78, 5) is 32.9. The number of methoxy groups -OCH3 is 1. The fourth-order valence-corrected chi connectivity index (χ4v) is 2.47. The minimum Gasteiger partial charge on any atom is -0.485 e. The molecule has 2 aromatic carbocycles. The molecule has 0 saturated heterocycles. The van der Waals surface area contributed by atoms with Gasteiger partial charge in [0.15, 0.2) is 0 Å². The van der Waals surface area contributed by atoms with Crippen LogP contribution in [0, 0.1) is 27.2 Å². The van der Waals surface area contributed by atoms with E-state index < -0.39 is 32.9 Å². The zero-order valence-corrected chi connectivity index (χ0v) is 13.9. The van der Waals surface area contributed by atoms with Gasteiger partial charge in [-0.25, -0.2) is 0 Å². The van der Waals surface area contributed by atoms with Crippen LogP contribution in [0.1, 0.15) is 15.9 Å². The lowest BCUT2D eigenvalue weighted by molar-refractivity contribution is -0.395. The predicted molar refractivity (Wildman–Crippen MR) is 90.4 cm³/mol. The topological polar surface area (TPSA) is 125 Å². The molecule has 0 radical (unpaired) electrons. The Kier molecular flexibility index (Phi) is 5.18.